The van der Waals surface area contributed by atoms with E-state index in [4.69, 9.17) is 0 Å². The fraction of sp³-hybridized carbons (Fsp3) is 0.471. The second-order valence-corrected chi connectivity index (χ2v) is 5.55. The third kappa shape index (κ3) is 2.84. The van der Waals surface area contributed by atoms with E-state index in [9.17, 15) is 0 Å². The molecule has 0 saturated carbocycles. The fourth-order valence-electron chi connectivity index (χ4n) is 3.19. The number of hydrogen-bond donors (Lipinski definition) is 1. The van der Waals surface area contributed by atoms with Gasteiger partial charge in [-0.25, -0.2) is 0 Å². The first-order valence-corrected chi connectivity index (χ1v) is 7.67. The van der Waals surface area contributed by atoms with Crippen LogP contribution in [0.25, 0.3) is 10.8 Å². The van der Waals surface area contributed by atoms with E-state index in [-0.39, 0.29) is 0 Å². The highest BCUT2D eigenvalue weighted by atomic mass is 15.2. The second-order valence-electron chi connectivity index (χ2n) is 5.55. The van der Waals surface area contributed by atoms with Crippen LogP contribution in [0.4, 0.5) is 0 Å². The molecule has 20 heavy (non-hydrogen) atoms. The van der Waals surface area contributed by atoms with Crippen LogP contribution in [-0.4, -0.2) is 36.1 Å². The molecule has 1 saturated heterocycles. The van der Waals surface area contributed by atoms with Crippen LogP contribution in [0.15, 0.2) is 36.7 Å². The summed E-state index contributed by atoms with van der Waals surface area (Å²) in [5.74, 6) is 0. The Bertz CT molecular complexity index is 559. The summed E-state index contributed by atoms with van der Waals surface area (Å²) in [5, 5.41) is 6.01. The van der Waals surface area contributed by atoms with E-state index in [0.29, 0.717) is 6.04 Å². The Kier molecular flexibility index (Phi) is 4.28. The predicted molar refractivity (Wildman–Crippen MR) is 83.8 cm³/mol. The van der Waals surface area contributed by atoms with E-state index in [0.717, 1.165) is 26.1 Å². The number of rotatable bonds is 3. The van der Waals surface area contributed by atoms with E-state index in [1.54, 1.807) is 0 Å². The molecule has 1 fully saturated rings. The third-order valence-corrected chi connectivity index (χ3v) is 4.25. The number of benzene rings is 1. The summed E-state index contributed by atoms with van der Waals surface area (Å²) >= 11 is 0. The van der Waals surface area contributed by atoms with Gasteiger partial charge >= 0.3 is 0 Å². The molecule has 0 radical (unpaired) electrons. The first-order valence-electron chi connectivity index (χ1n) is 7.67. The molecule has 106 valence electrons. The Morgan fingerprint density at radius 2 is 2.15 bits per heavy atom. The Morgan fingerprint density at radius 1 is 1.20 bits per heavy atom. The van der Waals surface area contributed by atoms with Crippen molar-refractivity contribution in [2.24, 2.45) is 0 Å². The highest BCUT2D eigenvalue weighted by Crippen LogP contribution is 2.27. The van der Waals surface area contributed by atoms with Gasteiger partial charge in [-0.15, -0.1) is 0 Å². The monoisotopic (exact) mass is 269 g/mol. The quantitative estimate of drug-likeness (QED) is 0.928. The summed E-state index contributed by atoms with van der Waals surface area (Å²) in [6.45, 7) is 6.89. The zero-order valence-electron chi connectivity index (χ0n) is 12.2. The SMILES string of the molecule is CCC(c1ccc2cnccc2c1)N1CCCNCC1. The molecule has 3 heteroatoms. The van der Waals surface area contributed by atoms with Gasteiger partial charge in [-0.3, -0.25) is 9.88 Å². The van der Waals surface area contributed by atoms with Crippen LogP contribution in [0.2, 0.25) is 0 Å². The van der Waals surface area contributed by atoms with Crippen molar-refractivity contribution in [2.45, 2.75) is 25.8 Å². The summed E-state index contributed by atoms with van der Waals surface area (Å²) in [7, 11) is 0. The molecule has 1 N–H and O–H groups in total. The molecule has 0 bridgehead atoms. The lowest BCUT2D eigenvalue weighted by atomic mass is 9.99. The van der Waals surface area contributed by atoms with Gasteiger partial charge in [-0.1, -0.05) is 19.1 Å². The van der Waals surface area contributed by atoms with Gasteiger partial charge < -0.3 is 5.32 Å². The van der Waals surface area contributed by atoms with E-state index in [2.05, 4.69) is 46.4 Å². The molecule has 3 nitrogen and oxygen atoms in total. The van der Waals surface area contributed by atoms with E-state index in [1.807, 2.05) is 12.4 Å². The van der Waals surface area contributed by atoms with Crippen LogP contribution in [0.1, 0.15) is 31.4 Å². The summed E-state index contributed by atoms with van der Waals surface area (Å²) < 4.78 is 0. The molecule has 0 amide bonds. The molecule has 2 heterocycles. The van der Waals surface area contributed by atoms with Gasteiger partial charge in [-0.05, 0) is 42.5 Å². The van der Waals surface area contributed by atoms with Gasteiger partial charge in [0.15, 0.2) is 0 Å². The average Bonchev–Trinajstić information content (AvgIpc) is 2.77. The average molecular weight is 269 g/mol. The maximum absolute atomic E-state index is 4.19. The number of aromatic nitrogens is 1. The number of pyridine rings is 1. The molecule has 3 rings (SSSR count). The smallest absolute Gasteiger partial charge is 0.0346 e. The van der Waals surface area contributed by atoms with Crippen molar-refractivity contribution in [3.8, 4) is 0 Å². The summed E-state index contributed by atoms with van der Waals surface area (Å²) in [6.07, 6.45) is 6.23. The maximum atomic E-state index is 4.19. The topological polar surface area (TPSA) is 28.2 Å². The molecule has 2 aromatic rings. The van der Waals surface area contributed by atoms with Crippen molar-refractivity contribution in [1.29, 1.82) is 0 Å². The predicted octanol–water partition coefficient (Wildman–Crippen LogP) is 2.98. The van der Waals surface area contributed by atoms with Crippen LogP contribution in [0.5, 0.6) is 0 Å². The number of hydrogen-bond acceptors (Lipinski definition) is 3. The van der Waals surface area contributed by atoms with E-state index in [1.165, 1.54) is 29.3 Å². The number of nitrogens with one attached hydrogen (secondary N) is 1. The molecule has 1 atom stereocenters. The van der Waals surface area contributed by atoms with Crippen molar-refractivity contribution in [3.05, 3.63) is 42.2 Å². The molecule has 1 aromatic heterocycles. The van der Waals surface area contributed by atoms with Crippen LogP contribution >= 0.6 is 0 Å². The Morgan fingerprint density at radius 3 is 3.05 bits per heavy atom. The van der Waals surface area contributed by atoms with Gasteiger partial charge in [0.05, 0.1) is 0 Å². The van der Waals surface area contributed by atoms with Gasteiger partial charge in [0.25, 0.3) is 0 Å². The van der Waals surface area contributed by atoms with Gasteiger partial charge in [0, 0.05) is 43.5 Å². The highest BCUT2D eigenvalue weighted by Gasteiger charge is 2.19. The van der Waals surface area contributed by atoms with Crippen molar-refractivity contribution in [2.75, 3.05) is 26.2 Å². The first kappa shape index (κ1) is 13.5. The Balaban J connectivity index is 1.89. The largest absolute Gasteiger partial charge is 0.315 e. The zero-order chi connectivity index (χ0) is 13.8. The molecule has 0 aliphatic carbocycles. The second kappa shape index (κ2) is 6.33. The Labute approximate surface area is 121 Å². The molecule has 1 aliphatic heterocycles. The van der Waals surface area contributed by atoms with Crippen LogP contribution in [0, 0.1) is 0 Å². The van der Waals surface area contributed by atoms with Crippen LogP contribution < -0.4 is 5.32 Å². The van der Waals surface area contributed by atoms with Crippen molar-refractivity contribution in [3.63, 3.8) is 0 Å². The zero-order valence-corrected chi connectivity index (χ0v) is 12.2. The van der Waals surface area contributed by atoms with Crippen molar-refractivity contribution in [1.82, 2.24) is 15.2 Å². The summed E-state index contributed by atoms with van der Waals surface area (Å²) in [5.41, 5.74) is 1.44. The number of fused-ring (bicyclic) bond motifs is 1. The number of nitrogens with zero attached hydrogens (tertiary/aromatic N) is 2. The minimum Gasteiger partial charge on any atom is -0.315 e. The van der Waals surface area contributed by atoms with Crippen LogP contribution in [0.3, 0.4) is 0 Å². The van der Waals surface area contributed by atoms with Crippen molar-refractivity contribution < 1.29 is 0 Å². The highest BCUT2D eigenvalue weighted by molar-refractivity contribution is 5.82. The van der Waals surface area contributed by atoms with Crippen molar-refractivity contribution >= 4 is 10.8 Å². The Hall–Kier alpha value is -1.45. The molecule has 1 aliphatic rings. The summed E-state index contributed by atoms with van der Waals surface area (Å²) in [4.78, 5) is 6.82. The standard InChI is InChI=1S/C17H23N3/c1-2-17(20-10-3-7-18-9-11-20)15-4-5-16-13-19-8-6-14(16)12-15/h4-6,8,12-13,17-18H,2-3,7,9-11H2,1H3. The normalized spacial score (nSPS) is 18.9. The van der Waals surface area contributed by atoms with E-state index >= 15 is 0 Å². The van der Waals surface area contributed by atoms with E-state index < -0.39 is 0 Å². The minimum atomic E-state index is 0.535. The molecular formula is C17H23N3. The van der Waals surface area contributed by atoms with Gasteiger partial charge in [0.2, 0.25) is 0 Å². The molecular weight excluding hydrogens is 246 g/mol. The minimum absolute atomic E-state index is 0.535. The third-order valence-electron chi connectivity index (χ3n) is 4.25. The molecule has 1 unspecified atom stereocenters. The lowest BCUT2D eigenvalue weighted by Gasteiger charge is -2.30. The summed E-state index contributed by atoms with van der Waals surface area (Å²) in [6, 6.07) is 9.46. The molecule has 0 spiro atoms. The van der Waals surface area contributed by atoms with Gasteiger partial charge in [-0.2, -0.15) is 0 Å². The molecule has 1 aromatic carbocycles. The lowest BCUT2D eigenvalue weighted by Crippen LogP contribution is -2.32. The van der Waals surface area contributed by atoms with Crippen LogP contribution in [-0.2, 0) is 0 Å². The first-order chi connectivity index (χ1) is 9.88. The van der Waals surface area contributed by atoms with Gasteiger partial charge in [0.1, 0.15) is 0 Å². The fourth-order valence-corrected chi connectivity index (χ4v) is 3.19. The maximum Gasteiger partial charge on any atom is 0.0346 e. The lowest BCUT2D eigenvalue weighted by molar-refractivity contribution is 0.205.